The standard InChI is InChI=1S/C15H32O2Si/c1-14(2,3)18(7,8)17-13-11-15(4,5)10-9-12-16-6/h9,12H,10-11,13H2,1-8H3. The molecule has 0 saturated carbocycles. The Morgan fingerprint density at radius 3 is 2.06 bits per heavy atom. The van der Waals surface area contributed by atoms with Crippen LogP contribution in [0.25, 0.3) is 0 Å². The van der Waals surface area contributed by atoms with Crippen LogP contribution in [0.15, 0.2) is 12.3 Å². The van der Waals surface area contributed by atoms with E-state index < -0.39 is 8.32 Å². The lowest BCUT2D eigenvalue weighted by Crippen LogP contribution is -2.41. The van der Waals surface area contributed by atoms with Crippen molar-refractivity contribution in [2.75, 3.05) is 13.7 Å². The Morgan fingerprint density at radius 2 is 1.61 bits per heavy atom. The van der Waals surface area contributed by atoms with E-state index >= 15 is 0 Å². The Morgan fingerprint density at radius 1 is 1.06 bits per heavy atom. The number of methoxy groups -OCH3 is 1. The van der Waals surface area contributed by atoms with Gasteiger partial charge in [-0.1, -0.05) is 34.6 Å². The molecule has 0 radical (unpaired) electrons. The first-order valence-electron chi connectivity index (χ1n) is 6.84. The molecule has 18 heavy (non-hydrogen) atoms. The minimum absolute atomic E-state index is 0.275. The van der Waals surface area contributed by atoms with Crippen molar-refractivity contribution in [1.82, 2.24) is 0 Å². The minimum atomic E-state index is -1.59. The molecule has 108 valence electrons. The summed E-state index contributed by atoms with van der Waals surface area (Å²) in [5.41, 5.74) is 0.275. The molecule has 0 heterocycles. The molecule has 0 fully saturated rings. The van der Waals surface area contributed by atoms with E-state index in [-0.39, 0.29) is 5.41 Å². The molecule has 0 rings (SSSR count). The monoisotopic (exact) mass is 272 g/mol. The van der Waals surface area contributed by atoms with Gasteiger partial charge in [-0.2, -0.15) is 0 Å². The maximum Gasteiger partial charge on any atom is 0.191 e. The Labute approximate surface area is 115 Å². The van der Waals surface area contributed by atoms with Crippen LogP contribution in [-0.2, 0) is 9.16 Å². The molecule has 0 aliphatic heterocycles. The van der Waals surface area contributed by atoms with Crippen molar-refractivity contribution < 1.29 is 9.16 Å². The summed E-state index contributed by atoms with van der Waals surface area (Å²) in [4.78, 5) is 0. The van der Waals surface area contributed by atoms with Crippen LogP contribution in [0.2, 0.25) is 18.1 Å². The van der Waals surface area contributed by atoms with E-state index in [0.29, 0.717) is 5.04 Å². The Hall–Kier alpha value is -0.283. The molecule has 0 aromatic heterocycles. The van der Waals surface area contributed by atoms with Crippen LogP contribution in [0.1, 0.15) is 47.5 Å². The maximum absolute atomic E-state index is 6.22. The Kier molecular flexibility index (Phi) is 6.65. The zero-order valence-corrected chi connectivity index (χ0v) is 14.6. The molecule has 0 amide bonds. The van der Waals surface area contributed by atoms with Gasteiger partial charge >= 0.3 is 0 Å². The van der Waals surface area contributed by atoms with Gasteiger partial charge in [0.1, 0.15) is 0 Å². The second-order valence-corrected chi connectivity index (χ2v) is 12.1. The van der Waals surface area contributed by atoms with Gasteiger partial charge in [0.25, 0.3) is 0 Å². The number of hydrogen-bond donors (Lipinski definition) is 0. The Bertz CT molecular complexity index is 262. The molecule has 0 saturated heterocycles. The van der Waals surface area contributed by atoms with Crippen molar-refractivity contribution in [3.05, 3.63) is 12.3 Å². The van der Waals surface area contributed by atoms with Crippen LogP contribution in [0.3, 0.4) is 0 Å². The maximum atomic E-state index is 6.22. The molecule has 2 nitrogen and oxygen atoms in total. The van der Waals surface area contributed by atoms with Crippen LogP contribution in [-0.4, -0.2) is 22.0 Å². The summed E-state index contributed by atoms with van der Waals surface area (Å²) in [6.45, 7) is 16.9. The van der Waals surface area contributed by atoms with Crippen molar-refractivity contribution in [3.63, 3.8) is 0 Å². The number of hydrogen-bond acceptors (Lipinski definition) is 2. The summed E-state index contributed by atoms with van der Waals surface area (Å²) in [6.07, 6.45) is 5.97. The molecule has 0 bridgehead atoms. The molecule has 0 aliphatic carbocycles. The van der Waals surface area contributed by atoms with Gasteiger partial charge < -0.3 is 9.16 Å². The van der Waals surface area contributed by atoms with Gasteiger partial charge in [-0.15, -0.1) is 0 Å². The van der Waals surface area contributed by atoms with E-state index in [1.165, 1.54) is 0 Å². The van der Waals surface area contributed by atoms with Crippen molar-refractivity contribution in [2.24, 2.45) is 5.41 Å². The van der Waals surface area contributed by atoms with Crippen molar-refractivity contribution >= 4 is 8.32 Å². The molecule has 3 heteroatoms. The molecule has 0 aliphatic rings. The van der Waals surface area contributed by atoms with Gasteiger partial charge in [0.2, 0.25) is 0 Å². The molecular weight excluding hydrogens is 240 g/mol. The van der Waals surface area contributed by atoms with Crippen LogP contribution in [0, 0.1) is 5.41 Å². The minimum Gasteiger partial charge on any atom is -0.505 e. The second-order valence-electron chi connectivity index (χ2n) is 7.33. The van der Waals surface area contributed by atoms with Gasteiger partial charge in [0.05, 0.1) is 13.4 Å². The average molecular weight is 273 g/mol. The predicted molar refractivity (Wildman–Crippen MR) is 82.3 cm³/mol. The number of ether oxygens (including phenoxy) is 1. The topological polar surface area (TPSA) is 18.5 Å². The van der Waals surface area contributed by atoms with E-state index in [0.717, 1.165) is 19.4 Å². The van der Waals surface area contributed by atoms with Gasteiger partial charge in [-0.25, -0.2) is 0 Å². The van der Waals surface area contributed by atoms with Crippen molar-refractivity contribution in [3.8, 4) is 0 Å². The van der Waals surface area contributed by atoms with Gasteiger partial charge in [-0.05, 0) is 42.5 Å². The van der Waals surface area contributed by atoms with Crippen LogP contribution < -0.4 is 0 Å². The van der Waals surface area contributed by atoms with E-state index in [9.17, 15) is 0 Å². The molecular formula is C15H32O2Si. The van der Waals surface area contributed by atoms with E-state index in [1.54, 1.807) is 13.4 Å². The molecule has 0 N–H and O–H groups in total. The van der Waals surface area contributed by atoms with E-state index in [2.05, 4.69) is 53.8 Å². The second kappa shape index (κ2) is 6.76. The first kappa shape index (κ1) is 17.7. The predicted octanol–water partition coefficient (Wildman–Crippen LogP) is 4.97. The average Bonchev–Trinajstić information content (AvgIpc) is 2.15. The quantitative estimate of drug-likeness (QED) is 0.481. The van der Waals surface area contributed by atoms with Crippen LogP contribution in [0.4, 0.5) is 0 Å². The third-order valence-electron chi connectivity index (χ3n) is 3.95. The lowest BCUT2D eigenvalue weighted by Gasteiger charge is -2.37. The van der Waals surface area contributed by atoms with Crippen LogP contribution in [0.5, 0.6) is 0 Å². The third kappa shape index (κ3) is 6.60. The summed E-state index contributed by atoms with van der Waals surface area (Å²) >= 11 is 0. The molecule has 0 aromatic rings. The lowest BCUT2D eigenvalue weighted by molar-refractivity contribution is 0.213. The Balaban J connectivity index is 4.14. The fourth-order valence-electron chi connectivity index (χ4n) is 1.36. The van der Waals surface area contributed by atoms with Crippen LogP contribution >= 0.6 is 0 Å². The molecule has 0 atom stereocenters. The lowest BCUT2D eigenvalue weighted by atomic mass is 9.86. The number of rotatable bonds is 7. The fourth-order valence-corrected chi connectivity index (χ4v) is 2.41. The highest BCUT2D eigenvalue weighted by molar-refractivity contribution is 6.74. The first-order chi connectivity index (χ1) is 8.02. The third-order valence-corrected chi connectivity index (χ3v) is 8.49. The van der Waals surface area contributed by atoms with Gasteiger partial charge in [0.15, 0.2) is 8.32 Å². The summed E-state index contributed by atoms with van der Waals surface area (Å²) < 4.78 is 11.2. The molecule has 0 spiro atoms. The number of allylic oxidation sites excluding steroid dienone is 1. The highest BCUT2D eigenvalue weighted by Gasteiger charge is 2.37. The molecule has 0 unspecified atom stereocenters. The van der Waals surface area contributed by atoms with E-state index in [1.807, 2.05) is 0 Å². The highest BCUT2D eigenvalue weighted by Crippen LogP contribution is 2.37. The zero-order chi connectivity index (χ0) is 14.4. The van der Waals surface area contributed by atoms with Crippen molar-refractivity contribution in [2.45, 2.75) is 65.6 Å². The summed E-state index contributed by atoms with van der Waals surface area (Å²) in [7, 11) is 0.0991. The SMILES string of the molecule is COC=CCC(C)(C)CCO[Si](C)(C)C(C)(C)C. The summed E-state index contributed by atoms with van der Waals surface area (Å²) in [5, 5.41) is 0.299. The highest BCUT2D eigenvalue weighted by atomic mass is 28.4. The molecule has 0 aromatic carbocycles. The van der Waals surface area contributed by atoms with E-state index in [4.69, 9.17) is 9.16 Å². The summed E-state index contributed by atoms with van der Waals surface area (Å²) in [6, 6.07) is 0. The normalized spacial score (nSPS) is 14.2. The largest absolute Gasteiger partial charge is 0.505 e. The summed E-state index contributed by atoms with van der Waals surface area (Å²) in [5.74, 6) is 0. The first-order valence-corrected chi connectivity index (χ1v) is 9.74. The fraction of sp³-hybridized carbons (Fsp3) is 0.867. The smallest absolute Gasteiger partial charge is 0.191 e. The van der Waals surface area contributed by atoms with Gasteiger partial charge in [0, 0.05) is 6.61 Å². The van der Waals surface area contributed by atoms with Crippen molar-refractivity contribution in [1.29, 1.82) is 0 Å². The van der Waals surface area contributed by atoms with Gasteiger partial charge in [-0.3, -0.25) is 0 Å². The zero-order valence-electron chi connectivity index (χ0n) is 13.6.